The number of carbonyl (C=O) groups is 1. The van der Waals surface area contributed by atoms with Crippen molar-refractivity contribution in [1.82, 2.24) is 16.2 Å². The fourth-order valence-corrected chi connectivity index (χ4v) is 3.63. The van der Waals surface area contributed by atoms with E-state index in [1.165, 1.54) is 0 Å². The molecule has 1 saturated heterocycles. The van der Waals surface area contributed by atoms with Gasteiger partial charge in [0.1, 0.15) is 6.04 Å². The highest BCUT2D eigenvalue weighted by molar-refractivity contribution is 6.30. The van der Waals surface area contributed by atoms with Crippen molar-refractivity contribution < 1.29 is 19.0 Å². The number of amides is 1. The van der Waals surface area contributed by atoms with Crippen LogP contribution in [0.5, 0.6) is 17.2 Å². The molecule has 2 atom stereocenters. The average molecular weight is 448 g/mol. The largest absolute Gasteiger partial charge is 0.490 e. The zero-order chi connectivity index (χ0) is 22.2. The van der Waals surface area contributed by atoms with Gasteiger partial charge < -0.3 is 19.5 Å². The van der Waals surface area contributed by atoms with Crippen LogP contribution in [-0.4, -0.2) is 31.8 Å². The van der Waals surface area contributed by atoms with Crippen molar-refractivity contribution >= 4 is 17.5 Å². The highest BCUT2D eigenvalue weighted by Crippen LogP contribution is 2.39. The second kappa shape index (κ2) is 11.2. The van der Waals surface area contributed by atoms with Gasteiger partial charge in [0.15, 0.2) is 11.5 Å². The summed E-state index contributed by atoms with van der Waals surface area (Å²) in [5, 5.41) is 3.69. The second-order valence-electron chi connectivity index (χ2n) is 7.12. The minimum absolute atomic E-state index is 0.0487. The molecule has 0 spiro atoms. The molecule has 168 valence electrons. The highest BCUT2D eigenvalue weighted by atomic mass is 35.5. The van der Waals surface area contributed by atoms with Gasteiger partial charge in [-0.1, -0.05) is 23.7 Å². The molecular weight excluding hydrogens is 418 g/mol. The van der Waals surface area contributed by atoms with Crippen molar-refractivity contribution in [3.8, 4) is 17.2 Å². The van der Waals surface area contributed by atoms with Crippen LogP contribution in [0.15, 0.2) is 36.4 Å². The molecule has 2 aromatic carbocycles. The Hall–Kier alpha value is -2.48. The van der Waals surface area contributed by atoms with Crippen LogP contribution in [0.3, 0.4) is 0 Å². The van der Waals surface area contributed by atoms with Gasteiger partial charge in [0.2, 0.25) is 11.7 Å². The molecule has 1 amide bonds. The Kier molecular flexibility index (Phi) is 8.40. The molecular formula is C23H30ClN3O4. The maximum Gasteiger partial charge on any atom is 0.238 e. The number of nitrogens with one attached hydrogen (secondary N) is 3. The smallest absolute Gasteiger partial charge is 0.238 e. The Morgan fingerprint density at radius 3 is 2.19 bits per heavy atom. The maximum atomic E-state index is 12.7. The Labute approximate surface area is 188 Å². The molecule has 1 aliphatic heterocycles. The third-order valence-electron chi connectivity index (χ3n) is 4.93. The number of carbonyl (C=O) groups excluding carboxylic acids is 1. The minimum atomic E-state index is -0.332. The fourth-order valence-electron chi connectivity index (χ4n) is 3.50. The third-order valence-corrected chi connectivity index (χ3v) is 5.18. The number of ether oxygens (including phenoxy) is 3. The summed E-state index contributed by atoms with van der Waals surface area (Å²) in [6, 6.07) is 11.1. The molecule has 0 aromatic heterocycles. The van der Waals surface area contributed by atoms with Crippen molar-refractivity contribution in [1.29, 1.82) is 0 Å². The van der Waals surface area contributed by atoms with Gasteiger partial charge in [-0.05, 0) is 62.6 Å². The lowest BCUT2D eigenvalue weighted by Crippen LogP contribution is -2.42. The van der Waals surface area contributed by atoms with Gasteiger partial charge in [-0.25, -0.2) is 10.9 Å². The summed E-state index contributed by atoms with van der Waals surface area (Å²) in [5.41, 5.74) is 8.23. The lowest BCUT2D eigenvalue weighted by Gasteiger charge is -2.18. The van der Waals surface area contributed by atoms with Gasteiger partial charge in [-0.2, -0.15) is 0 Å². The average Bonchev–Trinajstić information content (AvgIpc) is 3.25. The summed E-state index contributed by atoms with van der Waals surface area (Å²) >= 11 is 5.96. The molecule has 2 unspecified atom stereocenters. The molecule has 7 nitrogen and oxygen atoms in total. The Morgan fingerprint density at radius 2 is 1.61 bits per heavy atom. The monoisotopic (exact) mass is 447 g/mol. The van der Waals surface area contributed by atoms with E-state index < -0.39 is 0 Å². The van der Waals surface area contributed by atoms with Crippen molar-refractivity contribution in [2.75, 3.05) is 19.8 Å². The molecule has 3 rings (SSSR count). The van der Waals surface area contributed by atoms with Gasteiger partial charge >= 0.3 is 0 Å². The predicted molar refractivity (Wildman–Crippen MR) is 121 cm³/mol. The van der Waals surface area contributed by atoms with Gasteiger partial charge in [-0.3, -0.25) is 4.79 Å². The molecule has 0 aliphatic carbocycles. The lowest BCUT2D eigenvalue weighted by atomic mass is 10.0. The maximum absolute atomic E-state index is 12.7. The zero-order valence-electron chi connectivity index (χ0n) is 18.2. The van der Waals surface area contributed by atoms with E-state index in [9.17, 15) is 4.79 Å². The molecule has 8 heteroatoms. The van der Waals surface area contributed by atoms with Gasteiger partial charge in [-0.15, -0.1) is 0 Å². The SMILES string of the molecule is CCOc1cc(CNC(=O)C2CC(c3ccc(Cl)cc3)NN2)cc(OCC)c1OCC. The standard InChI is InChI=1S/C23H30ClN3O4/c1-4-29-20-11-15(12-21(30-5-2)22(20)31-6-3)14-25-23(28)19-13-18(26-27-19)16-7-9-17(24)10-8-16/h7-12,18-19,26-27H,4-6,13-14H2,1-3H3,(H,25,28). The van der Waals surface area contributed by atoms with Crippen molar-refractivity contribution in [3.05, 3.63) is 52.5 Å². The van der Waals surface area contributed by atoms with Crippen LogP contribution in [0.1, 0.15) is 44.4 Å². The van der Waals surface area contributed by atoms with Crippen LogP contribution >= 0.6 is 11.6 Å². The normalized spacial score (nSPS) is 17.9. The third kappa shape index (κ3) is 6.03. The van der Waals surface area contributed by atoms with Crippen LogP contribution in [-0.2, 0) is 11.3 Å². The summed E-state index contributed by atoms with van der Waals surface area (Å²) in [6.45, 7) is 7.62. The fraction of sp³-hybridized carbons (Fsp3) is 0.435. The van der Waals surface area contributed by atoms with E-state index in [1.807, 2.05) is 57.2 Å². The summed E-state index contributed by atoms with van der Waals surface area (Å²) in [5.74, 6) is 1.74. The lowest BCUT2D eigenvalue weighted by molar-refractivity contribution is -0.123. The first-order valence-corrected chi connectivity index (χ1v) is 11.0. The van der Waals surface area contributed by atoms with Gasteiger partial charge in [0.25, 0.3) is 0 Å². The molecule has 0 saturated carbocycles. The van der Waals surface area contributed by atoms with Crippen molar-refractivity contribution in [2.24, 2.45) is 0 Å². The molecule has 1 aliphatic rings. The molecule has 1 fully saturated rings. The molecule has 0 radical (unpaired) electrons. The number of hydrogen-bond donors (Lipinski definition) is 3. The first-order valence-electron chi connectivity index (χ1n) is 10.6. The molecule has 3 N–H and O–H groups in total. The van der Waals surface area contributed by atoms with Gasteiger partial charge in [0, 0.05) is 17.6 Å². The molecule has 2 aromatic rings. The number of halogens is 1. The quantitative estimate of drug-likeness (QED) is 0.514. The van der Waals surface area contributed by atoms with Crippen LogP contribution in [0, 0.1) is 0 Å². The van der Waals surface area contributed by atoms with E-state index in [1.54, 1.807) is 0 Å². The Morgan fingerprint density at radius 1 is 1.00 bits per heavy atom. The molecule has 0 bridgehead atoms. The van der Waals surface area contributed by atoms with E-state index in [0.29, 0.717) is 55.1 Å². The molecule has 1 heterocycles. The number of hydrogen-bond acceptors (Lipinski definition) is 6. The van der Waals surface area contributed by atoms with E-state index in [4.69, 9.17) is 25.8 Å². The van der Waals surface area contributed by atoms with E-state index in [-0.39, 0.29) is 18.0 Å². The van der Waals surface area contributed by atoms with Crippen LogP contribution in [0.25, 0.3) is 0 Å². The number of benzene rings is 2. The topological polar surface area (TPSA) is 80.9 Å². The second-order valence-corrected chi connectivity index (χ2v) is 7.56. The number of hydrazine groups is 1. The van der Waals surface area contributed by atoms with E-state index >= 15 is 0 Å². The van der Waals surface area contributed by atoms with Crippen molar-refractivity contribution in [3.63, 3.8) is 0 Å². The zero-order valence-corrected chi connectivity index (χ0v) is 18.9. The van der Waals surface area contributed by atoms with Crippen LogP contribution in [0.4, 0.5) is 0 Å². The van der Waals surface area contributed by atoms with E-state index in [0.717, 1.165) is 11.1 Å². The van der Waals surface area contributed by atoms with Crippen molar-refractivity contribution in [2.45, 2.75) is 45.8 Å². The van der Waals surface area contributed by atoms with Gasteiger partial charge in [0.05, 0.1) is 19.8 Å². The molecule has 31 heavy (non-hydrogen) atoms. The highest BCUT2D eigenvalue weighted by Gasteiger charge is 2.30. The predicted octanol–water partition coefficient (Wildman–Crippen LogP) is 3.76. The summed E-state index contributed by atoms with van der Waals surface area (Å²) < 4.78 is 17.2. The number of rotatable bonds is 10. The summed E-state index contributed by atoms with van der Waals surface area (Å²) in [6.07, 6.45) is 0.644. The first kappa shape index (κ1) is 23.2. The summed E-state index contributed by atoms with van der Waals surface area (Å²) in [4.78, 5) is 12.7. The van der Waals surface area contributed by atoms with E-state index in [2.05, 4.69) is 16.2 Å². The Balaban J connectivity index is 1.64. The van der Waals surface area contributed by atoms with Crippen LogP contribution in [0.2, 0.25) is 5.02 Å². The Bertz CT molecular complexity index is 849. The van der Waals surface area contributed by atoms with Crippen LogP contribution < -0.4 is 30.4 Å². The minimum Gasteiger partial charge on any atom is -0.490 e. The first-order chi connectivity index (χ1) is 15.0. The summed E-state index contributed by atoms with van der Waals surface area (Å²) in [7, 11) is 0.